The minimum Gasteiger partial charge on any atom is -0.348 e. The van der Waals surface area contributed by atoms with Crippen LogP contribution in [0.15, 0.2) is 66.7 Å². The fourth-order valence-corrected chi connectivity index (χ4v) is 4.50. The zero-order chi connectivity index (χ0) is 22.0. The largest absolute Gasteiger partial charge is 0.348 e. The summed E-state index contributed by atoms with van der Waals surface area (Å²) < 4.78 is 0. The molecule has 0 bridgehead atoms. The molecule has 2 atom stereocenters. The van der Waals surface area contributed by atoms with Crippen LogP contribution in [0.25, 0.3) is 10.8 Å². The fourth-order valence-electron chi connectivity index (χ4n) is 4.50. The molecule has 0 spiro atoms. The average molecular weight is 415 g/mol. The summed E-state index contributed by atoms with van der Waals surface area (Å²) in [5.41, 5.74) is 3.36. The number of carbonyl (C=O) groups is 2. The highest BCUT2D eigenvalue weighted by Gasteiger charge is 2.35. The molecule has 0 fully saturated rings. The average Bonchev–Trinajstić information content (AvgIpc) is 2.77. The Balaban J connectivity index is 1.59. The van der Waals surface area contributed by atoms with E-state index in [1.54, 1.807) is 4.90 Å². The molecule has 1 aliphatic heterocycles. The molecule has 0 aliphatic carbocycles. The van der Waals surface area contributed by atoms with Gasteiger partial charge < -0.3 is 10.2 Å². The maximum atomic E-state index is 13.4. The van der Waals surface area contributed by atoms with Crippen LogP contribution < -0.4 is 5.32 Å². The maximum absolute atomic E-state index is 13.4. The van der Waals surface area contributed by atoms with Gasteiger partial charge in [0.1, 0.15) is 6.04 Å². The SMILES string of the molecule is CC(C)CC(=O)N1Cc2ccccc2CC1C(=O)NC(C)c1cccc2ccccc12. The van der Waals surface area contributed by atoms with Crippen molar-refractivity contribution in [3.05, 3.63) is 83.4 Å². The van der Waals surface area contributed by atoms with Gasteiger partial charge in [0.15, 0.2) is 0 Å². The molecule has 0 aromatic heterocycles. The van der Waals surface area contributed by atoms with Crippen LogP contribution in [-0.4, -0.2) is 22.8 Å². The van der Waals surface area contributed by atoms with E-state index in [-0.39, 0.29) is 23.8 Å². The minimum absolute atomic E-state index is 0.0440. The first-order chi connectivity index (χ1) is 14.9. The van der Waals surface area contributed by atoms with Gasteiger partial charge in [-0.3, -0.25) is 9.59 Å². The Morgan fingerprint density at radius 1 is 0.935 bits per heavy atom. The van der Waals surface area contributed by atoms with E-state index in [0.29, 0.717) is 19.4 Å². The number of hydrogen-bond donors (Lipinski definition) is 1. The summed E-state index contributed by atoms with van der Waals surface area (Å²) in [4.78, 5) is 28.2. The van der Waals surface area contributed by atoms with Crippen molar-refractivity contribution in [3.63, 3.8) is 0 Å². The molecule has 160 valence electrons. The second-order valence-corrected chi connectivity index (χ2v) is 8.91. The molecule has 2 amide bonds. The zero-order valence-electron chi connectivity index (χ0n) is 18.5. The van der Waals surface area contributed by atoms with E-state index in [0.717, 1.165) is 27.5 Å². The second kappa shape index (κ2) is 8.93. The highest BCUT2D eigenvalue weighted by molar-refractivity contribution is 5.90. The van der Waals surface area contributed by atoms with Crippen LogP contribution >= 0.6 is 0 Å². The predicted molar refractivity (Wildman–Crippen MR) is 124 cm³/mol. The lowest BCUT2D eigenvalue weighted by molar-refractivity contribution is -0.142. The van der Waals surface area contributed by atoms with Crippen molar-refractivity contribution < 1.29 is 9.59 Å². The van der Waals surface area contributed by atoms with E-state index in [1.807, 2.05) is 51.1 Å². The number of fused-ring (bicyclic) bond motifs is 2. The van der Waals surface area contributed by atoms with Crippen molar-refractivity contribution >= 4 is 22.6 Å². The molecule has 4 heteroatoms. The lowest BCUT2D eigenvalue weighted by Crippen LogP contribution is -2.53. The van der Waals surface area contributed by atoms with Gasteiger partial charge in [0, 0.05) is 19.4 Å². The molecule has 0 radical (unpaired) electrons. The van der Waals surface area contributed by atoms with Crippen LogP contribution in [0.3, 0.4) is 0 Å². The molecule has 1 N–H and O–H groups in total. The van der Waals surface area contributed by atoms with Gasteiger partial charge in [-0.05, 0) is 40.3 Å². The Morgan fingerprint density at radius 2 is 1.61 bits per heavy atom. The van der Waals surface area contributed by atoms with Gasteiger partial charge in [0.05, 0.1) is 6.04 Å². The molecule has 4 rings (SSSR count). The third-order valence-corrected chi connectivity index (χ3v) is 6.10. The minimum atomic E-state index is -0.487. The lowest BCUT2D eigenvalue weighted by Gasteiger charge is -2.37. The van der Waals surface area contributed by atoms with Gasteiger partial charge in [0.2, 0.25) is 11.8 Å². The third kappa shape index (κ3) is 4.48. The molecular formula is C27H30N2O2. The highest BCUT2D eigenvalue weighted by atomic mass is 16.2. The standard InChI is InChI=1S/C27H30N2O2/c1-18(2)15-26(30)29-17-22-11-5-4-10-21(22)16-25(29)27(31)28-19(3)23-14-8-12-20-9-6-7-13-24(20)23/h4-14,18-19,25H,15-17H2,1-3H3,(H,28,31). The number of nitrogens with zero attached hydrogens (tertiary/aromatic N) is 1. The van der Waals surface area contributed by atoms with Crippen molar-refractivity contribution in [2.75, 3.05) is 0 Å². The van der Waals surface area contributed by atoms with Crippen LogP contribution in [-0.2, 0) is 22.6 Å². The topological polar surface area (TPSA) is 49.4 Å². The Labute approximate surface area is 184 Å². The van der Waals surface area contributed by atoms with E-state index < -0.39 is 6.04 Å². The quantitative estimate of drug-likeness (QED) is 0.638. The first kappa shape index (κ1) is 21.1. The van der Waals surface area contributed by atoms with E-state index in [2.05, 4.69) is 41.7 Å². The first-order valence-corrected chi connectivity index (χ1v) is 11.1. The van der Waals surface area contributed by atoms with Crippen molar-refractivity contribution in [2.24, 2.45) is 5.92 Å². The van der Waals surface area contributed by atoms with E-state index in [9.17, 15) is 9.59 Å². The number of hydrogen-bond acceptors (Lipinski definition) is 2. The molecule has 31 heavy (non-hydrogen) atoms. The monoisotopic (exact) mass is 414 g/mol. The molecule has 3 aromatic rings. The Bertz CT molecular complexity index is 1100. The van der Waals surface area contributed by atoms with Gasteiger partial charge >= 0.3 is 0 Å². The van der Waals surface area contributed by atoms with Gasteiger partial charge in [-0.2, -0.15) is 0 Å². The van der Waals surface area contributed by atoms with Gasteiger partial charge in [-0.25, -0.2) is 0 Å². The smallest absolute Gasteiger partial charge is 0.243 e. The van der Waals surface area contributed by atoms with Gasteiger partial charge in [-0.1, -0.05) is 80.6 Å². The van der Waals surface area contributed by atoms with Crippen LogP contribution in [0.1, 0.15) is 49.9 Å². The fraction of sp³-hybridized carbons (Fsp3) is 0.333. The van der Waals surface area contributed by atoms with E-state index in [1.165, 1.54) is 0 Å². The molecule has 4 nitrogen and oxygen atoms in total. The zero-order valence-corrected chi connectivity index (χ0v) is 18.5. The summed E-state index contributed by atoms with van der Waals surface area (Å²) in [7, 11) is 0. The maximum Gasteiger partial charge on any atom is 0.243 e. The second-order valence-electron chi connectivity index (χ2n) is 8.91. The lowest BCUT2D eigenvalue weighted by atomic mass is 9.92. The molecule has 0 saturated carbocycles. The highest BCUT2D eigenvalue weighted by Crippen LogP contribution is 2.27. The Hall–Kier alpha value is -3.14. The van der Waals surface area contributed by atoms with E-state index in [4.69, 9.17) is 0 Å². The summed E-state index contributed by atoms with van der Waals surface area (Å²) in [5.74, 6) is 0.206. The van der Waals surface area contributed by atoms with Crippen molar-refractivity contribution in [1.82, 2.24) is 10.2 Å². The number of benzene rings is 3. The Morgan fingerprint density at radius 3 is 2.39 bits per heavy atom. The van der Waals surface area contributed by atoms with Crippen LogP contribution in [0.5, 0.6) is 0 Å². The van der Waals surface area contributed by atoms with Gasteiger partial charge in [-0.15, -0.1) is 0 Å². The molecule has 0 saturated heterocycles. The van der Waals surface area contributed by atoms with Crippen molar-refractivity contribution in [3.8, 4) is 0 Å². The summed E-state index contributed by atoms with van der Waals surface area (Å²) in [6, 6.07) is 21.8. The summed E-state index contributed by atoms with van der Waals surface area (Å²) >= 11 is 0. The number of carbonyl (C=O) groups excluding carboxylic acids is 2. The molecule has 1 heterocycles. The molecule has 3 aromatic carbocycles. The normalized spacial score (nSPS) is 16.8. The van der Waals surface area contributed by atoms with Crippen molar-refractivity contribution in [1.29, 1.82) is 0 Å². The third-order valence-electron chi connectivity index (χ3n) is 6.10. The number of amides is 2. The number of nitrogens with one attached hydrogen (secondary N) is 1. The number of rotatable bonds is 5. The Kier molecular flexibility index (Phi) is 6.08. The van der Waals surface area contributed by atoms with Crippen LogP contribution in [0.2, 0.25) is 0 Å². The molecular weight excluding hydrogens is 384 g/mol. The predicted octanol–water partition coefficient (Wildman–Crippen LogP) is 5.02. The van der Waals surface area contributed by atoms with Crippen LogP contribution in [0.4, 0.5) is 0 Å². The van der Waals surface area contributed by atoms with Gasteiger partial charge in [0.25, 0.3) is 0 Å². The van der Waals surface area contributed by atoms with E-state index >= 15 is 0 Å². The summed E-state index contributed by atoms with van der Waals surface area (Å²) in [6.45, 7) is 6.57. The summed E-state index contributed by atoms with van der Waals surface area (Å²) in [6.07, 6.45) is 0.999. The molecule has 1 aliphatic rings. The molecule has 2 unspecified atom stereocenters. The van der Waals surface area contributed by atoms with Crippen LogP contribution in [0, 0.1) is 5.92 Å². The first-order valence-electron chi connectivity index (χ1n) is 11.1. The summed E-state index contributed by atoms with van der Waals surface area (Å²) in [5, 5.41) is 5.49. The van der Waals surface area contributed by atoms with Crippen molar-refractivity contribution in [2.45, 2.75) is 52.2 Å².